The molecule has 1 aromatic carbocycles. The average molecular weight is 191 g/mol. The zero-order chi connectivity index (χ0) is 10.2. The Morgan fingerprint density at radius 1 is 1.14 bits per heavy atom. The van der Waals surface area contributed by atoms with Gasteiger partial charge in [0.25, 0.3) is 0 Å². The highest BCUT2D eigenvalue weighted by atomic mass is 16.7. The lowest BCUT2D eigenvalue weighted by Crippen LogP contribution is -2.35. The molecule has 14 heavy (non-hydrogen) atoms. The first-order chi connectivity index (χ1) is 6.74. The van der Waals surface area contributed by atoms with Crippen LogP contribution in [-0.2, 0) is 15.3 Å². The average Bonchev–Trinajstić information content (AvgIpc) is 2.50. The molecular formula is C11H13NO2. The van der Waals surface area contributed by atoms with Gasteiger partial charge in [0.15, 0.2) is 0 Å². The number of nitrogens with zero attached hydrogens (tertiary/aromatic N) is 1. The molecule has 0 atom stereocenters. The third-order valence-electron chi connectivity index (χ3n) is 2.60. The summed E-state index contributed by atoms with van der Waals surface area (Å²) in [5.74, 6) is -0.781. The highest BCUT2D eigenvalue weighted by Crippen LogP contribution is 2.40. The van der Waals surface area contributed by atoms with E-state index in [0.717, 1.165) is 17.0 Å². The van der Waals surface area contributed by atoms with Gasteiger partial charge in [0.05, 0.1) is 11.4 Å². The topological polar surface area (TPSA) is 30.8 Å². The van der Waals surface area contributed by atoms with Crippen molar-refractivity contribution in [3.8, 4) is 0 Å². The number of methoxy groups -OCH3 is 2. The number of fused-ring (bicyclic) bond motifs is 1. The molecule has 0 fully saturated rings. The second-order valence-corrected chi connectivity index (χ2v) is 3.24. The third-order valence-corrected chi connectivity index (χ3v) is 2.60. The molecule has 0 bridgehead atoms. The summed E-state index contributed by atoms with van der Waals surface area (Å²) in [6.07, 6.45) is 0. The highest BCUT2D eigenvalue weighted by Gasteiger charge is 2.41. The summed E-state index contributed by atoms with van der Waals surface area (Å²) in [5, 5.41) is 0. The van der Waals surface area contributed by atoms with E-state index in [-0.39, 0.29) is 0 Å². The van der Waals surface area contributed by atoms with Crippen molar-refractivity contribution in [1.29, 1.82) is 0 Å². The number of ether oxygens (including phenoxy) is 2. The van der Waals surface area contributed by atoms with Crippen molar-refractivity contribution in [2.75, 3.05) is 14.2 Å². The molecule has 0 amide bonds. The molecule has 0 radical (unpaired) electrons. The molecule has 0 saturated carbocycles. The van der Waals surface area contributed by atoms with Crippen LogP contribution in [0.4, 0.5) is 5.69 Å². The predicted molar refractivity (Wildman–Crippen MR) is 54.9 cm³/mol. The minimum Gasteiger partial charge on any atom is -0.345 e. The van der Waals surface area contributed by atoms with Gasteiger partial charge in [-0.05, 0) is 13.0 Å². The summed E-state index contributed by atoms with van der Waals surface area (Å²) < 4.78 is 10.9. The van der Waals surface area contributed by atoms with Crippen LogP contribution in [0.5, 0.6) is 0 Å². The SMILES string of the molecule is COC1(OC)C(C)=Nc2ccccc21. The maximum atomic E-state index is 5.43. The van der Waals surface area contributed by atoms with Crippen molar-refractivity contribution < 1.29 is 9.47 Å². The smallest absolute Gasteiger partial charge is 0.237 e. The van der Waals surface area contributed by atoms with E-state index in [1.807, 2.05) is 31.2 Å². The molecular weight excluding hydrogens is 178 g/mol. The molecule has 1 heterocycles. The fraction of sp³-hybridized carbons (Fsp3) is 0.364. The fourth-order valence-corrected chi connectivity index (χ4v) is 1.90. The van der Waals surface area contributed by atoms with Gasteiger partial charge < -0.3 is 9.47 Å². The normalized spacial score (nSPS) is 17.8. The van der Waals surface area contributed by atoms with E-state index < -0.39 is 5.79 Å². The van der Waals surface area contributed by atoms with Gasteiger partial charge in [-0.15, -0.1) is 0 Å². The number of benzene rings is 1. The molecule has 0 unspecified atom stereocenters. The Morgan fingerprint density at radius 2 is 1.79 bits per heavy atom. The number of rotatable bonds is 2. The first-order valence-electron chi connectivity index (χ1n) is 4.50. The lowest BCUT2D eigenvalue weighted by Gasteiger charge is -2.27. The number of hydrogen-bond acceptors (Lipinski definition) is 3. The van der Waals surface area contributed by atoms with Gasteiger partial charge in [0.1, 0.15) is 0 Å². The zero-order valence-electron chi connectivity index (χ0n) is 8.57. The summed E-state index contributed by atoms with van der Waals surface area (Å²) in [4.78, 5) is 4.41. The van der Waals surface area contributed by atoms with Gasteiger partial charge in [0.2, 0.25) is 5.79 Å². The van der Waals surface area contributed by atoms with Gasteiger partial charge in [-0.2, -0.15) is 0 Å². The Bertz CT molecular complexity index is 381. The van der Waals surface area contributed by atoms with Crippen molar-refractivity contribution in [1.82, 2.24) is 0 Å². The Labute approximate surface area is 83.4 Å². The first kappa shape index (κ1) is 9.37. The fourth-order valence-electron chi connectivity index (χ4n) is 1.90. The van der Waals surface area contributed by atoms with Crippen LogP contribution in [0.15, 0.2) is 29.3 Å². The van der Waals surface area contributed by atoms with Crippen LogP contribution in [0, 0.1) is 0 Å². The lowest BCUT2D eigenvalue weighted by molar-refractivity contribution is -0.158. The van der Waals surface area contributed by atoms with Gasteiger partial charge in [-0.25, -0.2) is 0 Å². The van der Waals surface area contributed by atoms with Crippen LogP contribution < -0.4 is 0 Å². The van der Waals surface area contributed by atoms with Gasteiger partial charge >= 0.3 is 0 Å². The molecule has 3 heteroatoms. The molecule has 0 spiro atoms. The molecule has 0 aliphatic carbocycles. The van der Waals surface area contributed by atoms with Crippen molar-refractivity contribution in [3.63, 3.8) is 0 Å². The van der Waals surface area contributed by atoms with Crippen LogP contribution in [0.3, 0.4) is 0 Å². The minimum atomic E-state index is -0.781. The number of para-hydroxylation sites is 1. The monoisotopic (exact) mass is 191 g/mol. The van der Waals surface area contributed by atoms with Crippen molar-refractivity contribution in [2.45, 2.75) is 12.7 Å². The first-order valence-corrected chi connectivity index (χ1v) is 4.50. The molecule has 2 rings (SSSR count). The second-order valence-electron chi connectivity index (χ2n) is 3.24. The summed E-state index contributed by atoms with van der Waals surface area (Å²) in [6, 6.07) is 7.84. The maximum Gasteiger partial charge on any atom is 0.237 e. The molecule has 1 aliphatic rings. The molecule has 3 nitrogen and oxygen atoms in total. The number of aliphatic imine (C=N–C) groups is 1. The summed E-state index contributed by atoms with van der Waals surface area (Å²) >= 11 is 0. The van der Waals surface area contributed by atoms with E-state index in [1.54, 1.807) is 14.2 Å². The zero-order valence-corrected chi connectivity index (χ0v) is 8.57. The highest BCUT2D eigenvalue weighted by molar-refractivity contribution is 5.97. The molecule has 74 valence electrons. The predicted octanol–water partition coefficient (Wildman–Crippen LogP) is 2.24. The standard InChI is InChI=1S/C11H13NO2/c1-8-11(13-2,14-3)9-6-4-5-7-10(9)12-8/h4-7H,1-3H3. The van der Waals surface area contributed by atoms with E-state index >= 15 is 0 Å². The van der Waals surface area contributed by atoms with E-state index in [0.29, 0.717) is 0 Å². The Morgan fingerprint density at radius 3 is 2.43 bits per heavy atom. The minimum absolute atomic E-state index is 0.781. The Hall–Kier alpha value is -1.19. The largest absolute Gasteiger partial charge is 0.345 e. The summed E-state index contributed by atoms with van der Waals surface area (Å²) in [6.45, 7) is 1.91. The van der Waals surface area contributed by atoms with E-state index in [9.17, 15) is 0 Å². The van der Waals surface area contributed by atoms with Crippen LogP contribution in [0.25, 0.3) is 0 Å². The van der Waals surface area contributed by atoms with Crippen molar-refractivity contribution in [3.05, 3.63) is 29.8 Å². The lowest BCUT2D eigenvalue weighted by atomic mass is 10.0. The number of hydrogen-bond donors (Lipinski definition) is 0. The van der Waals surface area contributed by atoms with Gasteiger partial charge in [0, 0.05) is 19.8 Å². The van der Waals surface area contributed by atoms with Crippen LogP contribution in [0.2, 0.25) is 0 Å². The van der Waals surface area contributed by atoms with Crippen molar-refractivity contribution in [2.24, 2.45) is 4.99 Å². The van der Waals surface area contributed by atoms with Crippen molar-refractivity contribution >= 4 is 11.4 Å². The third kappa shape index (κ3) is 1.03. The molecule has 0 aromatic heterocycles. The van der Waals surface area contributed by atoms with Gasteiger partial charge in [-0.1, -0.05) is 18.2 Å². The second kappa shape index (κ2) is 3.19. The Balaban J connectivity index is 2.60. The molecule has 1 aromatic rings. The van der Waals surface area contributed by atoms with E-state index in [2.05, 4.69) is 4.99 Å². The van der Waals surface area contributed by atoms with E-state index in [4.69, 9.17) is 9.47 Å². The quantitative estimate of drug-likeness (QED) is 0.671. The Kier molecular flexibility index (Phi) is 2.13. The molecule has 0 N–H and O–H groups in total. The summed E-state index contributed by atoms with van der Waals surface area (Å²) in [7, 11) is 3.26. The van der Waals surface area contributed by atoms with Crippen LogP contribution >= 0.6 is 0 Å². The van der Waals surface area contributed by atoms with Crippen LogP contribution in [0.1, 0.15) is 12.5 Å². The molecule has 1 aliphatic heterocycles. The maximum absolute atomic E-state index is 5.43. The van der Waals surface area contributed by atoms with Crippen LogP contribution in [-0.4, -0.2) is 19.9 Å². The van der Waals surface area contributed by atoms with Gasteiger partial charge in [-0.3, -0.25) is 4.99 Å². The molecule has 0 saturated heterocycles. The summed E-state index contributed by atoms with van der Waals surface area (Å²) in [5.41, 5.74) is 2.74. The van der Waals surface area contributed by atoms with E-state index in [1.165, 1.54) is 0 Å².